The SMILES string of the molecule is C=Nc1c2ccccc2c2n1C13n4c(c5ccccc5c4=NC4=[N+]1C(=N2)c1ccccc14)=NC1=[N+]3Cc2ccccc21.c1ccc(N(c2ccc(-c3ccc(N(c4ccccc4)c4cccc5ccccc45)cc3)cc2)c2cccc3ccccc23)cc1. The summed E-state index contributed by atoms with van der Waals surface area (Å²) in [5.41, 5.74) is 15.4. The first-order valence-corrected chi connectivity index (χ1v) is 29.8. The second-order valence-corrected chi connectivity index (χ2v) is 22.7. The third kappa shape index (κ3) is 7.11. The molecule has 10 heteroatoms. The highest BCUT2D eigenvalue weighted by molar-refractivity contribution is 6.17. The zero-order valence-electron chi connectivity index (χ0n) is 47.6. The van der Waals surface area contributed by atoms with Crippen molar-refractivity contribution in [1.82, 2.24) is 9.13 Å². The molecule has 1 unspecified atom stereocenters. The Hall–Kier alpha value is -11.9. The molecule has 1 spiro atoms. The molecule has 0 bridgehead atoms. The number of nitrogens with zero attached hydrogens (tertiary/aromatic N) is 10. The van der Waals surface area contributed by atoms with Crippen LogP contribution in [0.25, 0.3) is 54.2 Å². The molecular formula is C78H52N10+2. The molecule has 0 N–H and O–H groups in total. The molecule has 10 nitrogen and oxygen atoms in total. The van der Waals surface area contributed by atoms with Gasteiger partial charge in [-0.2, -0.15) is 9.14 Å². The van der Waals surface area contributed by atoms with Crippen molar-refractivity contribution >= 4 is 113 Å². The van der Waals surface area contributed by atoms with Gasteiger partial charge in [0.1, 0.15) is 6.54 Å². The predicted octanol–water partition coefficient (Wildman–Crippen LogP) is 16.7. The van der Waals surface area contributed by atoms with E-state index in [2.05, 4.69) is 326 Å². The Kier molecular flexibility index (Phi) is 10.9. The Morgan fingerprint density at radius 3 is 1.39 bits per heavy atom. The van der Waals surface area contributed by atoms with E-state index in [1.165, 1.54) is 38.2 Å². The molecule has 0 saturated heterocycles. The van der Waals surface area contributed by atoms with Gasteiger partial charge in [-0.1, -0.05) is 204 Å². The molecular weight excluding hydrogens is 1080 g/mol. The van der Waals surface area contributed by atoms with Crippen LogP contribution in [0.2, 0.25) is 0 Å². The van der Waals surface area contributed by atoms with Crippen molar-refractivity contribution in [3.63, 3.8) is 0 Å². The van der Waals surface area contributed by atoms with Crippen molar-refractivity contribution in [2.75, 3.05) is 9.80 Å². The number of benzene rings is 12. The molecule has 0 amide bonds. The number of hydrogen-bond donors (Lipinski definition) is 0. The van der Waals surface area contributed by atoms with Crippen molar-refractivity contribution in [2.45, 2.75) is 12.5 Å². The van der Waals surface area contributed by atoms with Gasteiger partial charge in [-0.05, 0) is 131 Å². The molecule has 2 aromatic heterocycles. The average Bonchev–Trinajstić information content (AvgIpc) is 1.46. The first-order valence-electron chi connectivity index (χ1n) is 29.8. The summed E-state index contributed by atoms with van der Waals surface area (Å²) in [5, 5.41) is 9.09. The molecule has 5 aliphatic heterocycles. The predicted molar refractivity (Wildman–Crippen MR) is 357 cm³/mol. The molecule has 88 heavy (non-hydrogen) atoms. The van der Waals surface area contributed by atoms with Gasteiger partial charge in [-0.25, -0.2) is 9.56 Å². The maximum absolute atomic E-state index is 5.43. The summed E-state index contributed by atoms with van der Waals surface area (Å²) >= 11 is 0. The molecule has 5 aliphatic rings. The van der Waals surface area contributed by atoms with E-state index in [4.69, 9.17) is 20.0 Å². The molecule has 0 aliphatic carbocycles. The normalized spacial score (nSPS) is 15.2. The van der Waals surface area contributed by atoms with Gasteiger partial charge in [0.2, 0.25) is 11.3 Å². The van der Waals surface area contributed by atoms with Crippen LogP contribution in [0.4, 0.5) is 45.8 Å². The summed E-state index contributed by atoms with van der Waals surface area (Å²) in [6.45, 7) is 4.76. The van der Waals surface area contributed by atoms with Crippen molar-refractivity contribution in [3.8, 4) is 11.1 Å². The van der Waals surface area contributed by atoms with Gasteiger partial charge in [-0.15, -0.1) is 4.58 Å². The number of aromatic nitrogens is 2. The van der Waals surface area contributed by atoms with Crippen LogP contribution in [0.3, 0.4) is 0 Å². The molecule has 0 saturated carbocycles. The minimum atomic E-state index is -0.974. The van der Waals surface area contributed by atoms with Crippen LogP contribution in [-0.4, -0.2) is 42.5 Å². The van der Waals surface area contributed by atoms with Crippen LogP contribution in [0.5, 0.6) is 0 Å². The van der Waals surface area contributed by atoms with Crippen LogP contribution >= 0.6 is 0 Å². The molecule has 12 aromatic carbocycles. The van der Waals surface area contributed by atoms with Gasteiger partial charge in [-0.3, -0.25) is 0 Å². The highest BCUT2D eigenvalue weighted by Gasteiger charge is 2.67. The maximum atomic E-state index is 5.43. The lowest BCUT2D eigenvalue weighted by molar-refractivity contribution is -0.841. The van der Waals surface area contributed by atoms with E-state index in [9.17, 15) is 0 Å². The molecule has 7 heterocycles. The fourth-order valence-electron chi connectivity index (χ4n) is 14.2. The van der Waals surface area contributed by atoms with Crippen LogP contribution in [0.1, 0.15) is 22.3 Å². The Morgan fingerprint density at radius 2 is 0.818 bits per heavy atom. The lowest BCUT2D eigenvalue weighted by Crippen LogP contribution is -2.69. The van der Waals surface area contributed by atoms with E-state index >= 15 is 0 Å². The van der Waals surface area contributed by atoms with Crippen LogP contribution in [0.15, 0.2) is 311 Å². The molecule has 14 aromatic rings. The highest BCUT2D eigenvalue weighted by atomic mass is 15.7. The smallest absolute Gasteiger partial charge is 0.310 e. The van der Waals surface area contributed by atoms with Crippen molar-refractivity contribution in [3.05, 3.63) is 324 Å². The number of rotatable bonds is 8. The Balaban J connectivity index is 0.000000132. The number of fused-ring (bicyclic) bond motifs is 13. The number of para-hydroxylation sites is 2. The Bertz CT molecular complexity index is 5330. The van der Waals surface area contributed by atoms with Gasteiger partial charge >= 0.3 is 11.7 Å². The van der Waals surface area contributed by atoms with Crippen LogP contribution in [0, 0.1) is 0 Å². The largest absolute Gasteiger partial charge is 0.419 e. The maximum Gasteiger partial charge on any atom is 0.419 e. The lowest BCUT2D eigenvalue weighted by Gasteiger charge is -2.38. The van der Waals surface area contributed by atoms with E-state index in [0.717, 1.165) is 112 Å². The number of aliphatic imine (C=N–C) groups is 2. The molecule has 412 valence electrons. The standard InChI is InChI=1S/C44H32N2.C34H20N8/c1-3-17-37(18-4-1)45(43-23-11-15-35-13-7-9-21-41(35)43)39-29-25-33(26-30-39)34-27-31-40(32-28-34)46(38-19-5-2-6-20-38)44-24-12-16-36-14-8-10-22-42(36)44;1-35-27-21-12-4-5-13-22(21)30-37-31-25-16-8-9-17-26(25)33-38-32-24-15-7-6-14-23(24)29-36-28-20-11-3-2-10-19(20)18-39(28)34(40(27)30,41(29)32)42(31)33/h1-32H;2-17H,1,18H2/q;+2. The van der Waals surface area contributed by atoms with Gasteiger partial charge < -0.3 is 9.80 Å². The van der Waals surface area contributed by atoms with E-state index in [1.807, 2.05) is 0 Å². The molecule has 0 radical (unpaired) electrons. The Labute approximate surface area is 506 Å². The van der Waals surface area contributed by atoms with Crippen LogP contribution in [-0.2, 0) is 12.5 Å². The van der Waals surface area contributed by atoms with E-state index < -0.39 is 5.91 Å². The van der Waals surface area contributed by atoms with E-state index in [0.29, 0.717) is 6.54 Å². The van der Waals surface area contributed by atoms with Gasteiger partial charge in [0.15, 0.2) is 5.82 Å². The second kappa shape index (κ2) is 19.3. The van der Waals surface area contributed by atoms with Gasteiger partial charge in [0.05, 0.1) is 33.5 Å². The summed E-state index contributed by atoms with van der Waals surface area (Å²) in [5.74, 6) is 3.34. The summed E-state index contributed by atoms with van der Waals surface area (Å²) in [6.07, 6.45) is 0. The quantitative estimate of drug-likeness (QED) is 0.112. The summed E-state index contributed by atoms with van der Waals surface area (Å²) in [6, 6.07) is 103. The first-order chi connectivity index (χ1) is 43.6. The molecule has 0 fully saturated rings. The zero-order valence-corrected chi connectivity index (χ0v) is 47.6. The van der Waals surface area contributed by atoms with Gasteiger partial charge in [0, 0.05) is 55.2 Å². The average molecular weight is 1130 g/mol. The lowest BCUT2D eigenvalue weighted by atomic mass is 10.0. The topological polar surface area (TPSA) is 71.8 Å². The van der Waals surface area contributed by atoms with E-state index in [1.54, 1.807) is 0 Å². The third-order valence-electron chi connectivity index (χ3n) is 18.0. The minimum absolute atomic E-state index is 0.667. The first kappa shape index (κ1) is 49.5. The number of anilines is 6. The molecule has 19 rings (SSSR count). The molecule has 1 atom stereocenters. The highest BCUT2D eigenvalue weighted by Crippen LogP contribution is 2.50. The zero-order chi connectivity index (χ0) is 58.0. The van der Waals surface area contributed by atoms with Gasteiger partial charge in [0.25, 0.3) is 17.2 Å². The fraction of sp³-hybridized carbons (Fsp3) is 0.0256. The van der Waals surface area contributed by atoms with Crippen LogP contribution < -0.4 is 20.8 Å². The third-order valence-corrected chi connectivity index (χ3v) is 18.0. The van der Waals surface area contributed by atoms with E-state index in [-0.39, 0.29) is 0 Å². The summed E-state index contributed by atoms with van der Waals surface area (Å²) in [4.78, 5) is 25.7. The fourth-order valence-corrected chi connectivity index (χ4v) is 14.2. The Morgan fingerprint density at radius 1 is 0.375 bits per heavy atom. The summed E-state index contributed by atoms with van der Waals surface area (Å²) < 4.78 is 9.32. The summed E-state index contributed by atoms with van der Waals surface area (Å²) in [7, 11) is 0. The number of amidine groups is 3. The number of hydrogen-bond acceptors (Lipinski definition) is 6. The second-order valence-electron chi connectivity index (χ2n) is 22.7. The monoisotopic (exact) mass is 1130 g/mol. The van der Waals surface area contributed by atoms with Crippen molar-refractivity contribution in [2.24, 2.45) is 20.0 Å². The van der Waals surface area contributed by atoms with Crippen molar-refractivity contribution < 1.29 is 9.15 Å². The van der Waals surface area contributed by atoms with Crippen molar-refractivity contribution in [1.29, 1.82) is 0 Å². The minimum Gasteiger partial charge on any atom is -0.310 e.